The van der Waals surface area contributed by atoms with Gasteiger partial charge in [0, 0.05) is 23.5 Å². The molecule has 0 aliphatic rings. The van der Waals surface area contributed by atoms with Crippen molar-refractivity contribution in [3.8, 4) is 17.2 Å². The first-order valence-electron chi connectivity index (χ1n) is 9.78. The van der Waals surface area contributed by atoms with E-state index in [2.05, 4.69) is 12.2 Å². The molecule has 0 atom stereocenters. The number of rotatable bonds is 10. The first kappa shape index (κ1) is 20.2. The molecule has 1 N–H and O–H groups in total. The van der Waals surface area contributed by atoms with Crippen LogP contribution < -0.4 is 14.8 Å². The van der Waals surface area contributed by atoms with Gasteiger partial charge in [-0.05, 0) is 67.1 Å². The number of para-hydroxylation sites is 1. The fraction of sp³-hybridized carbons (Fsp3) is 0.160. The van der Waals surface area contributed by atoms with Crippen LogP contribution in [-0.2, 0) is 0 Å². The van der Waals surface area contributed by atoms with Crippen LogP contribution in [0.3, 0.4) is 0 Å². The Hall–Kier alpha value is -3.53. The van der Waals surface area contributed by atoms with Crippen LogP contribution >= 0.6 is 0 Å². The minimum atomic E-state index is -0.0679. The lowest BCUT2D eigenvalue weighted by molar-refractivity contribution is 0.104. The SMILES string of the molecule is CCCCOc1ccc(C(=O)/C=C/Nc2ccc(Oc3ccccc3)cc2)cc1. The number of unbranched alkanes of at least 4 members (excludes halogenated alkanes) is 1. The molecule has 4 nitrogen and oxygen atoms in total. The second-order valence-electron chi connectivity index (χ2n) is 6.51. The highest BCUT2D eigenvalue weighted by Gasteiger charge is 2.02. The Morgan fingerprint density at radius 1 is 0.862 bits per heavy atom. The second-order valence-corrected chi connectivity index (χ2v) is 6.51. The first-order chi connectivity index (χ1) is 14.2. The number of benzene rings is 3. The van der Waals surface area contributed by atoms with Crippen molar-refractivity contribution in [2.45, 2.75) is 19.8 Å². The summed E-state index contributed by atoms with van der Waals surface area (Å²) in [6.07, 6.45) is 5.27. The molecule has 0 saturated heterocycles. The molecule has 0 aliphatic carbocycles. The van der Waals surface area contributed by atoms with Crippen LogP contribution in [0.1, 0.15) is 30.1 Å². The Labute approximate surface area is 171 Å². The predicted molar refractivity (Wildman–Crippen MR) is 117 cm³/mol. The summed E-state index contributed by atoms with van der Waals surface area (Å²) in [7, 11) is 0. The van der Waals surface area contributed by atoms with Crippen molar-refractivity contribution in [3.05, 3.63) is 96.7 Å². The molecule has 0 fully saturated rings. The van der Waals surface area contributed by atoms with Crippen molar-refractivity contribution in [1.82, 2.24) is 0 Å². The van der Waals surface area contributed by atoms with E-state index in [1.54, 1.807) is 18.3 Å². The van der Waals surface area contributed by atoms with Gasteiger partial charge in [-0.15, -0.1) is 0 Å². The van der Waals surface area contributed by atoms with Crippen molar-refractivity contribution in [2.75, 3.05) is 11.9 Å². The van der Waals surface area contributed by atoms with E-state index in [1.165, 1.54) is 6.08 Å². The van der Waals surface area contributed by atoms with Crippen LogP contribution in [0.4, 0.5) is 5.69 Å². The molecule has 0 aliphatic heterocycles. The fourth-order valence-corrected chi connectivity index (χ4v) is 2.60. The average Bonchev–Trinajstić information content (AvgIpc) is 2.76. The van der Waals surface area contributed by atoms with E-state index in [-0.39, 0.29) is 5.78 Å². The summed E-state index contributed by atoms with van der Waals surface area (Å²) in [5, 5.41) is 3.10. The van der Waals surface area contributed by atoms with E-state index >= 15 is 0 Å². The molecule has 3 rings (SSSR count). The van der Waals surface area contributed by atoms with Crippen LogP contribution in [0.15, 0.2) is 91.1 Å². The molecule has 0 spiro atoms. The number of hydrogen-bond acceptors (Lipinski definition) is 4. The maximum absolute atomic E-state index is 12.3. The number of carbonyl (C=O) groups is 1. The summed E-state index contributed by atoms with van der Waals surface area (Å²) in [6, 6.07) is 24.4. The van der Waals surface area contributed by atoms with Gasteiger partial charge in [-0.3, -0.25) is 4.79 Å². The Bertz CT molecular complexity index is 917. The molecule has 3 aromatic rings. The quantitative estimate of drug-likeness (QED) is 0.246. The highest BCUT2D eigenvalue weighted by molar-refractivity contribution is 6.04. The molecule has 29 heavy (non-hydrogen) atoms. The van der Waals surface area contributed by atoms with Gasteiger partial charge in [-0.2, -0.15) is 0 Å². The Morgan fingerprint density at radius 2 is 1.52 bits per heavy atom. The van der Waals surface area contributed by atoms with Gasteiger partial charge in [-0.25, -0.2) is 0 Å². The van der Waals surface area contributed by atoms with Gasteiger partial charge in [0.2, 0.25) is 0 Å². The molecule has 0 radical (unpaired) electrons. The molecule has 0 amide bonds. The number of anilines is 1. The number of allylic oxidation sites excluding steroid dienone is 1. The van der Waals surface area contributed by atoms with Gasteiger partial charge < -0.3 is 14.8 Å². The molecule has 0 aromatic heterocycles. The number of hydrogen-bond donors (Lipinski definition) is 1. The number of carbonyl (C=O) groups excluding carboxylic acids is 1. The summed E-state index contributed by atoms with van der Waals surface area (Å²) >= 11 is 0. The zero-order valence-corrected chi connectivity index (χ0v) is 16.5. The number of nitrogens with one attached hydrogen (secondary N) is 1. The van der Waals surface area contributed by atoms with E-state index in [9.17, 15) is 4.79 Å². The Kier molecular flexibility index (Phi) is 7.47. The maximum Gasteiger partial charge on any atom is 0.187 e. The van der Waals surface area contributed by atoms with Crippen molar-refractivity contribution >= 4 is 11.5 Å². The number of ether oxygens (including phenoxy) is 2. The highest BCUT2D eigenvalue weighted by Crippen LogP contribution is 2.22. The summed E-state index contributed by atoms with van der Waals surface area (Å²) in [5.41, 5.74) is 1.49. The average molecular weight is 387 g/mol. The third kappa shape index (κ3) is 6.54. The molecule has 148 valence electrons. The Morgan fingerprint density at radius 3 is 2.21 bits per heavy atom. The van der Waals surface area contributed by atoms with Crippen molar-refractivity contribution in [1.29, 1.82) is 0 Å². The summed E-state index contributed by atoms with van der Waals surface area (Å²) in [4.78, 5) is 12.3. The monoisotopic (exact) mass is 387 g/mol. The van der Waals surface area contributed by atoms with Crippen LogP contribution in [0.25, 0.3) is 0 Å². The van der Waals surface area contributed by atoms with Crippen LogP contribution in [0, 0.1) is 0 Å². The zero-order valence-electron chi connectivity index (χ0n) is 16.5. The van der Waals surface area contributed by atoms with Crippen molar-refractivity contribution in [2.24, 2.45) is 0 Å². The molecule has 3 aromatic carbocycles. The van der Waals surface area contributed by atoms with Crippen LogP contribution in [0.2, 0.25) is 0 Å². The standard InChI is InChI=1S/C25H25NO3/c1-2-3-19-28-22-13-9-20(10-14-22)25(27)17-18-26-21-11-15-24(16-12-21)29-23-7-5-4-6-8-23/h4-18,26H,2-3,19H2,1H3/b18-17+. The minimum Gasteiger partial charge on any atom is -0.494 e. The van der Waals surface area contributed by atoms with E-state index in [0.717, 1.165) is 35.8 Å². The smallest absolute Gasteiger partial charge is 0.187 e. The predicted octanol–water partition coefficient (Wildman–Crippen LogP) is 6.47. The highest BCUT2D eigenvalue weighted by atomic mass is 16.5. The molecular formula is C25H25NO3. The third-order valence-electron chi connectivity index (χ3n) is 4.22. The Balaban J connectivity index is 1.49. The minimum absolute atomic E-state index is 0.0679. The molecule has 0 heterocycles. The van der Waals surface area contributed by atoms with Gasteiger partial charge >= 0.3 is 0 Å². The zero-order chi connectivity index (χ0) is 20.3. The van der Waals surface area contributed by atoms with E-state index in [4.69, 9.17) is 9.47 Å². The van der Waals surface area contributed by atoms with Gasteiger partial charge in [-0.1, -0.05) is 31.5 Å². The van der Waals surface area contributed by atoms with Crippen LogP contribution in [-0.4, -0.2) is 12.4 Å². The van der Waals surface area contributed by atoms with Gasteiger partial charge in [0.15, 0.2) is 5.78 Å². The topological polar surface area (TPSA) is 47.6 Å². The number of ketones is 1. The van der Waals surface area contributed by atoms with Gasteiger partial charge in [0.25, 0.3) is 0 Å². The molecule has 4 heteroatoms. The normalized spacial score (nSPS) is 10.7. The van der Waals surface area contributed by atoms with E-state index in [0.29, 0.717) is 12.2 Å². The second kappa shape index (κ2) is 10.7. The van der Waals surface area contributed by atoms with Crippen molar-refractivity contribution < 1.29 is 14.3 Å². The summed E-state index contributed by atoms with van der Waals surface area (Å²) < 4.78 is 11.4. The molecule has 0 unspecified atom stereocenters. The molecule has 0 bridgehead atoms. The van der Waals surface area contributed by atoms with Crippen molar-refractivity contribution in [3.63, 3.8) is 0 Å². The van der Waals surface area contributed by atoms with Gasteiger partial charge in [0.1, 0.15) is 17.2 Å². The molecular weight excluding hydrogens is 362 g/mol. The lowest BCUT2D eigenvalue weighted by atomic mass is 10.1. The van der Waals surface area contributed by atoms with E-state index < -0.39 is 0 Å². The lowest BCUT2D eigenvalue weighted by Crippen LogP contribution is -1.99. The fourth-order valence-electron chi connectivity index (χ4n) is 2.60. The lowest BCUT2D eigenvalue weighted by Gasteiger charge is -2.07. The summed E-state index contributed by atoms with van der Waals surface area (Å²) in [5.74, 6) is 2.26. The third-order valence-corrected chi connectivity index (χ3v) is 4.22. The maximum atomic E-state index is 12.3. The molecule has 0 saturated carbocycles. The van der Waals surface area contributed by atoms with Gasteiger partial charge in [0.05, 0.1) is 6.61 Å². The largest absolute Gasteiger partial charge is 0.494 e. The first-order valence-corrected chi connectivity index (χ1v) is 9.78. The van der Waals surface area contributed by atoms with Crippen LogP contribution in [0.5, 0.6) is 17.2 Å². The van der Waals surface area contributed by atoms with E-state index in [1.807, 2.05) is 66.7 Å². The summed E-state index contributed by atoms with van der Waals surface area (Å²) in [6.45, 7) is 2.82.